The van der Waals surface area contributed by atoms with Gasteiger partial charge >= 0.3 is 0 Å². The number of sulfone groups is 1. The minimum Gasteiger partial charge on any atom is -0.440 e. The van der Waals surface area contributed by atoms with Crippen LogP contribution in [0.4, 0.5) is 0 Å². The Morgan fingerprint density at radius 3 is 2.09 bits per heavy atom. The third kappa shape index (κ3) is 3.36. The van der Waals surface area contributed by atoms with E-state index < -0.39 is 9.84 Å². The molecule has 0 aliphatic heterocycles. The zero-order chi connectivity index (χ0) is 16.6. The molecule has 0 amide bonds. The second-order valence-corrected chi connectivity index (χ2v) is 8.01. The second kappa shape index (κ2) is 5.91. The van der Waals surface area contributed by atoms with Crippen molar-refractivity contribution in [3.05, 3.63) is 54.4 Å². The fourth-order valence-electron chi connectivity index (χ4n) is 2.31. The SMILES string of the molecule is Cc1nc(-c2ccc(S(C)(=O)=O)cc2)c(-c2ccc(P)cc2)o1. The highest BCUT2D eigenvalue weighted by atomic mass is 32.2. The van der Waals surface area contributed by atoms with Gasteiger partial charge < -0.3 is 4.42 Å². The first-order valence-electron chi connectivity index (χ1n) is 6.98. The van der Waals surface area contributed by atoms with Crippen LogP contribution < -0.4 is 5.30 Å². The van der Waals surface area contributed by atoms with E-state index in [-0.39, 0.29) is 4.90 Å². The van der Waals surface area contributed by atoms with Crippen LogP contribution in [0.25, 0.3) is 22.6 Å². The van der Waals surface area contributed by atoms with Crippen molar-refractivity contribution in [1.29, 1.82) is 0 Å². The van der Waals surface area contributed by atoms with Crippen LogP contribution in [-0.4, -0.2) is 19.7 Å². The maximum absolute atomic E-state index is 11.6. The highest BCUT2D eigenvalue weighted by Crippen LogP contribution is 2.32. The van der Waals surface area contributed by atoms with Crippen LogP contribution in [0.5, 0.6) is 0 Å². The monoisotopic (exact) mass is 345 g/mol. The van der Waals surface area contributed by atoms with Gasteiger partial charge in [-0.2, -0.15) is 0 Å². The average Bonchev–Trinajstić information content (AvgIpc) is 2.89. The minimum atomic E-state index is -3.21. The topological polar surface area (TPSA) is 60.2 Å². The third-order valence-electron chi connectivity index (χ3n) is 3.46. The molecular weight excluding hydrogens is 329 g/mol. The van der Waals surface area contributed by atoms with E-state index in [0.29, 0.717) is 17.3 Å². The molecule has 0 radical (unpaired) electrons. The molecule has 6 heteroatoms. The molecule has 2 aromatic carbocycles. The number of benzene rings is 2. The molecule has 1 heterocycles. The lowest BCUT2D eigenvalue weighted by molar-refractivity contribution is 0.534. The second-order valence-electron chi connectivity index (χ2n) is 5.33. The fraction of sp³-hybridized carbons (Fsp3) is 0.118. The first-order chi connectivity index (χ1) is 10.8. The molecule has 0 aliphatic carbocycles. The Bertz CT molecular complexity index is 943. The van der Waals surface area contributed by atoms with Gasteiger partial charge in [-0.3, -0.25) is 0 Å². The van der Waals surface area contributed by atoms with Crippen molar-refractivity contribution in [2.75, 3.05) is 6.26 Å². The van der Waals surface area contributed by atoms with Crippen LogP contribution in [0.15, 0.2) is 57.8 Å². The number of hydrogen-bond donors (Lipinski definition) is 0. The highest BCUT2D eigenvalue weighted by molar-refractivity contribution is 7.90. The van der Waals surface area contributed by atoms with Gasteiger partial charge in [0.2, 0.25) is 0 Å². The van der Waals surface area contributed by atoms with Crippen LogP contribution in [0.3, 0.4) is 0 Å². The predicted octanol–water partition coefficient (Wildman–Crippen LogP) is 3.22. The van der Waals surface area contributed by atoms with Crippen molar-refractivity contribution in [2.45, 2.75) is 11.8 Å². The molecule has 0 saturated heterocycles. The van der Waals surface area contributed by atoms with Crippen molar-refractivity contribution < 1.29 is 12.8 Å². The van der Waals surface area contributed by atoms with Crippen molar-refractivity contribution in [1.82, 2.24) is 4.98 Å². The van der Waals surface area contributed by atoms with Gasteiger partial charge in [0.15, 0.2) is 21.5 Å². The van der Waals surface area contributed by atoms with Gasteiger partial charge in [-0.1, -0.05) is 36.4 Å². The van der Waals surface area contributed by atoms with Crippen LogP contribution in [0.1, 0.15) is 5.89 Å². The molecule has 0 fully saturated rings. The molecule has 1 aromatic heterocycles. The minimum absolute atomic E-state index is 0.287. The average molecular weight is 345 g/mol. The van der Waals surface area contributed by atoms with Crippen LogP contribution in [-0.2, 0) is 9.84 Å². The van der Waals surface area contributed by atoms with Gasteiger partial charge in [-0.25, -0.2) is 13.4 Å². The summed E-state index contributed by atoms with van der Waals surface area (Å²) < 4.78 is 28.9. The Hall–Kier alpha value is -1.97. The zero-order valence-electron chi connectivity index (χ0n) is 12.8. The zero-order valence-corrected chi connectivity index (χ0v) is 14.7. The molecule has 0 saturated carbocycles. The largest absolute Gasteiger partial charge is 0.440 e. The summed E-state index contributed by atoms with van der Waals surface area (Å²) in [6, 6.07) is 14.6. The molecule has 0 aliphatic rings. The summed E-state index contributed by atoms with van der Waals surface area (Å²) in [6.07, 6.45) is 1.19. The van der Waals surface area contributed by atoms with Gasteiger partial charge in [-0.15, -0.1) is 9.24 Å². The third-order valence-corrected chi connectivity index (χ3v) is 4.98. The van der Waals surface area contributed by atoms with Gasteiger partial charge in [0.1, 0.15) is 5.69 Å². The van der Waals surface area contributed by atoms with Crippen LogP contribution in [0, 0.1) is 6.92 Å². The number of aromatic nitrogens is 1. The summed E-state index contributed by atoms with van der Waals surface area (Å²) in [5.41, 5.74) is 2.46. The lowest BCUT2D eigenvalue weighted by Gasteiger charge is -2.04. The number of nitrogens with zero attached hydrogens (tertiary/aromatic N) is 1. The van der Waals surface area contributed by atoms with E-state index in [4.69, 9.17) is 4.42 Å². The van der Waals surface area contributed by atoms with Gasteiger partial charge in [0, 0.05) is 24.3 Å². The molecular formula is C17H16NO3PS. The fourth-order valence-corrected chi connectivity index (χ4v) is 3.14. The molecule has 4 nitrogen and oxygen atoms in total. The van der Waals surface area contributed by atoms with Crippen LogP contribution in [0.2, 0.25) is 0 Å². The summed E-state index contributed by atoms with van der Waals surface area (Å²) in [5, 5.41) is 1.09. The Morgan fingerprint density at radius 2 is 1.52 bits per heavy atom. The molecule has 23 heavy (non-hydrogen) atoms. The number of aryl methyl sites for hydroxylation is 1. The molecule has 3 rings (SSSR count). The summed E-state index contributed by atoms with van der Waals surface area (Å²) >= 11 is 0. The van der Waals surface area contributed by atoms with E-state index in [1.807, 2.05) is 24.3 Å². The van der Waals surface area contributed by atoms with E-state index in [1.54, 1.807) is 31.2 Å². The predicted molar refractivity (Wildman–Crippen MR) is 94.6 cm³/mol. The standard InChI is InChI=1S/C17H16NO3PS/c1-11-18-16(12-5-9-15(10-6-12)23(2,19)20)17(21-11)13-3-7-14(22)8-4-13/h3-10H,22H2,1-2H3. The Kier molecular flexibility index (Phi) is 4.09. The number of oxazole rings is 1. The van der Waals surface area contributed by atoms with E-state index >= 15 is 0 Å². The molecule has 0 bridgehead atoms. The maximum atomic E-state index is 11.6. The summed E-state index contributed by atoms with van der Waals surface area (Å²) in [4.78, 5) is 4.74. The lowest BCUT2D eigenvalue weighted by atomic mass is 10.1. The molecule has 1 unspecified atom stereocenters. The molecule has 1 atom stereocenters. The molecule has 3 aromatic rings. The first kappa shape index (κ1) is 15.9. The first-order valence-corrected chi connectivity index (χ1v) is 9.45. The Morgan fingerprint density at radius 1 is 0.957 bits per heavy atom. The van der Waals surface area contributed by atoms with E-state index in [0.717, 1.165) is 16.4 Å². The van der Waals surface area contributed by atoms with Crippen molar-refractivity contribution in [2.24, 2.45) is 0 Å². The summed E-state index contributed by atoms with van der Waals surface area (Å²) in [6.45, 7) is 1.79. The quantitative estimate of drug-likeness (QED) is 0.684. The summed E-state index contributed by atoms with van der Waals surface area (Å²) in [5.74, 6) is 1.25. The number of hydrogen-bond acceptors (Lipinski definition) is 4. The smallest absolute Gasteiger partial charge is 0.192 e. The van der Waals surface area contributed by atoms with Crippen molar-refractivity contribution in [3.8, 4) is 22.6 Å². The van der Waals surface area contributed by atoms with Gasteiger partial charge in [0.05, 0.1) is 4.90 Å². The Labute approximate surface area is 137 Å². The van der Waals surface area contributed by atoms with Crippen molar-refractivity contribution >= 4 is 24.4 Å². The van der Waals surface area contributed by atoms with E-state index in [9.17, 15) is 8.42 Å². The molecule has 118 valence electrons. The van der Waals surface area contributed by atoms with Crippen molar-refractivity contribution in [3.63, 3.8) is 0 Å². The highest BCUT2D eigenvalue weighted by Gasteiger charge is 2.16. The lowest BCUT2D eigenvalue weighted by Crippen LogP contribution is -1.96. The van der Waals surface area contributed by atoms with Gasteiger partial charge in [0.25, 0.3) is 0 Å². The van der Waals surface area contributed by atoms with E-state index in [1.165, 1.54) is 6.26 Å². The van der Waals surface area contributed by atoms with E-state index in [2.05, 4.69) is 14.2 Å². The number of rotatable bonds is 3. The molecule has 0 spiro atoms. The molecule has 0 N–H and O–H groups in total. The van der Waals surface area contributed by atoms with Crippen LogP contribution >= 0.6 is 9.24 Å². The Balaban J connectivity index is 2.09. The summed E-state index contributed by atoms with van der Waals surface area (Å²) in [7, 11) is -0.568. The normalized spacial score (nSPS) is 11.6. The van der Waals surface area contributed by atoms with Gasteiger partial charge in [-0.05, 0) is 17.4 Å². The maximum Gasteiger partial charge on any atom is 0.192 e.